The van der Waals surface area contributed by atoms with Crippen molar-refractivity contribution in [2.24, 2.45) is 5.92 Å². The lowest BCUT2D eigenvalue weighted by Gasteiger charge is -2.39. The summed E-state index contributed by atoms with van der Waals surface area (Å²) in [4.78, 5) is 12.3. The summed E-state index contributed by atoms with van der Waals surface area (Å²) in [5.74, 6) is 0.0533. The van der Waals surface area contributed by atoms with E-state index in [1.807, 2.05) is 0 Å². The van der Waals surface area contributed by atoms with Crippen molar-refractivity contribution in [2.45, 2.75) is 50.6 Å². The third-order valence-electron chi connectivity index (χ3n) is 4.66. The van der Waals surface area contributed by atoms with Crippen LogP contribution in [0.3, 0.4) is 0 Å². The predicted molar refractivity (Wildman–Crippen MR) is 81.9 cm³/mol. The van der Waals surface area contributed by atoms with E-state index in [0.29, 0.717) is 17.0 Å². The molecule has 0 spiro atoms. The average molecular weight is 311 g/mol. The maximum absolute atomic E-state index is 13.7. The SMILES string of the molecule is O=C(Nc1ccc(Cl)cc1F)C1CCC2CCCCC2N1. The fraction of sp³-hybridized carbons (Fsp3) is 0.562. The number of fused-ring (bicyclic) bond motifs is 1. The molecule has 1 saturated carbocycles. The molecule has 2 fully saturated rings. The van der Waals surface area contributed by atoms with Gasteiger partial charge in [-0.05, 0) is 49.8 Å². The van der Waals surface area contributed by atoms with Crippen LogP contribution in [0.4, 0.5) is 10.1 Å². The molecule has 1 aromatic rings. The van der Waals surface area contributed by atoms with Crippen molar-refractivity contribution < 1.29 is 9.18 Å². The number of carbonyl (C=O) groups is 1. The molecule has 1 aliphatic carbocycles. The van der Waals surface area contributed by atoms with Gasteiger partial charge in [0.1, 0.15) is 5.82 Å². The number of hydrogen-bond donors (Lipinski definition) is 2. The van der Waals surface area contributed by atoms with Crippen molar-refractivity contribution in [1.29, 1.82) is 0 Å². The highest BCUT2D eigenvalue weighted by Gasteiger charge is 2.34. The number of rotatable bonds is 2. The molecule has 0 bridgehead atoms. The van der Waals surface area contributed by atoms with Gasteiger partial charge in [0.05, 0.1) is 11.7 Å². The van der Waals surface area contributed by atoms with Gasteiger partial charge >= 0.3 is 0 Å². The lowest BCUT2D eigenvalue weighted by atomic mass is 9.77. The number of hydrogen-bond acceptors (Lipinski definition) is 2. The zero-order valence-corrected chi connectivity index (χ0v) is 12.6. The van der Waals surface area contributed by atoms with E-state index in [0.717, 1.165) is 19.3 Å². The van der Waals surface area contributed by atoms with Crippen LogP contribution >= 0.6 is 11.6 Å². The molecule has 3 rings (SSSR count). The number of anilines is 1. The Hall–Kier alpha value is -1.13. The van der Waals surface area contributed by atoms with Gasteiger partial charge in [-0.2, -0.15) is 0 Å². The summed E-state index contributed by atoms with van der Waals surface area (Å²) in [5, 5.41) is 6.44. The fourth-order valence-corrected chi connectivity index (χ4v) is 3.67. The smallest absolute Gasteiger partial charge is 0.241 e. The topological polar surface area (TPSA) is 41.1 Å². The molecule has 3 atom stereocenters. The monoisotopic (exact) mass is 310 g/mol. The Morgan fingerprint density at radius 3 is 2.86 bits per heavy atom. The van der Waals surface area contributed by atoms with Crippen molar-refractivity contribution in [2.75, 3.05) is 5.32 Å². The normalized spacial score (nSPS) is 28.8. The van der Waals surface area contributed by atoms with Crippen molar-refractivity contribution in [3.8, 4) is 0 Å². The fourth-order valence-electron chi connectivity index (χ4n) is 3.51. The molecule has 2 N–H and O–H groups in total. The van der Waals surface area contributed by atoms with Gasteiger partial charge in [0, 0.05) is 11.1 Å². The van der Waals surface area contributed by atoms with E-state index in [1.54, 1.807) is 6.07 Å². The van der Waals surface area contributed by atoms with E-state index < -0.39 is 5.82 Å². The Balaban J connectivity index is 1.63. The average Bonchev–Trinajstić information content (AvgIpc) is 2.49. The van der Waals surface area contributed by atoms with Gasteiger partial charge in [-0.25, -0.2) is 4.39 Å². The zero-order chi connectivity index (χ0) is 14.8. The third kappa shape index (κ3) is 3.38. The highest BCUT2D eigenvalue weighted by atomic mass is 35.5. The van der Waals surface area contributed by atoms with Gasteiger partial charge in [-0.15, -0.1) is 0 Å². The number of benzene rings is 1. The van der Waals surface area contributed by atoms with Crippen LogP contribution in [0.2, 0.25) is 5.02 Å². The molecule has 1 aliphatic heterocycles. The number of amides is 1. The predicted octanol–water partition coefficient (Wildman–Crippen LogP) is 3.73. The second-order valence-electron chi connectivity index (χ2n) is 6.06. The number of halogens is 2. The van der Waals surface area contributed by atoms with Gasteiger partial charge in [-0.3, -0.25) is 4.79 Å². The summed E-state index contributed by atoms with van der Waals surface area (Å²) in [6.45, 7) is 0. The van der Waals surface area contributed by atoms with E-state index in [4.69, 9.17) is 11.6 Å². The van der Waals surface area contributed by atoms with E-state index >= 15 is 0 Å². The summed E-state index contributed by atoms with van der Waals surface area (Å²) < 4.78 is 13.7. The molecule has 5 heteroatoms. The third-order valence-corrected chi connectivity index (χ3v) is 4.89. The van der Waals surface area contributed by atoms with Crippen molar-refractivity contribution in [3.05, 3.63) is 29.0 Å². The van der Waals surface area contributed by atoms with Crippen LogP contribution in [0.15, 0.2) is 18.2 Å². The largest absolute Gasteiger partial charge is 0.322 e. The molecule has 0 radical (unpaired) electrons. The Labute approximate surface area is 129 Å². The maximum atomic E-state index is 13.7. The zero-order valence-electron chi connectivity index (χ0n) is 11.9. The van der Waals surface area contributed by atoms with Crippen LogP contribution in [0.5, 0.6) is 0 Å². The number of carbonyl (C=O) groups excluding carboxylic acids is 1. The maximum Gasteiger partial charge on any atom is 0.241 e. The van der Waals surface area contributed by atoms with Crippen LogP contribution in [-0.4, -0.2) is 18.0 Å². The minimum Gasteiger partial charge on any atom is -0.322 e. The van der Waals surface area contributed by atoms with E-state index in [2.05, 4.69) is 10.6 Å². The van der Waals surface area contributed by atoms with Gasteiger partial charge in [0.2, 0.25) is 5.91 Å². The highest BCUT2D eigenvalue weighted by Crippen LogP contribution is 2.32. The highest BCUT2D eigenvalue weighted by molar-refractivity contribution is 6.30. The Morgan fingerprint density at radius 2 is 2.05 bits per heavy atom. The summed E-state index contributed by atoms with van der Waals surface area (Å²) in [7, 11) is 0. The molecule has 0 aromatic heterocycles. The molecule has 1 amide bonds. The molecule has 2 aliphatic rings. The molecule has 1 aromatic carbocycles. The molecule has 3 nitrogen and oxygen atoms in total. The minimum absolute atomic E-state index is 0.153. The lowest BCUT2D eigenvalue weighted by Crippen LogP contribution is -2.53. The van der Waals surface area contributed by atoms with Crippen LogP contribution in [0.1, 0.15) is 38.5 Å². The first kappa shape index (κ1) is 14.8. The van der Waals surface area contributed by atoms with Crippen LogP contribution in [0.25, 0.3) is 0 Å². The number of piperidine rings is 1. The quantitative estimate of drug-likeness (QED) is 0.874. The van der Waals surface area contributed by atoms with Gasteiger partial charge in [0.25, 0.3) is 0 Å². The van der Waals surface area contributed by atoms with E-state index in [1.165, 1.54) is 31.4 Å². The van der Waals surface area contributed by atoms with Gasteiger partial charge in [0.15, 0.2) is 0 Å². The van der Waals surface area contributed by atoms with Crippen molar-refractivity contribution in [3.63, 3.8) is 0 Å². The Kier molecular flexibility index (Phi) is 4.45. The molecule has 3 unspecified atom stereocenters. The second-order valence-corrected chi connectivity index (χ2v) is 6.50. The van der Waals surface area contributed by atoms with Gasteiger partial charge in [-0.1, -0.05) is 24.4 Å². The molecular weight excluding hydrogens is 291 g/mol. The number of nitrogens with one attached hydrogen (secondary N) is 2. The first-order valence-corrected chi connectivity index (χ1v) is 8.03. The molecule has 114 valence electrons. The van der Waals surface area contributed by atoms with Crippen molar-refractivity contribution in [1.82, 2.24) is 5.32 Å². The Bertz CT molecular complexity index is 537. The molecule has 21 heavy (non-hydrogen) atoms. The minimum atomic E-state index is -0.498. The van der Waals surface area contributed by atoms with Crippen LogP contribution in [0, 0.1) is 11.7 Å². The van der Waals surface area contributed by atoms with Crippen molar-refractivity contribution >= 4 is 23.2 Å². The van der Waals surface area contributed by atoms with E-state index in [9.17, 15) is 9.18 Å². The second kappa shape index (κ2) is 6.32. The first-order chi connectivity index (χ1) is 10.1. The first-order valence-electron chi connectivity index (χ1n) is 7.65. The van der Waals surface area contributed by atoms with Crippen LogP contribution in [-0.2, 0) is 4.79 Å². The molecule has 1 heterocycles. The molecule has 1 saturated heterocycles. The van der Waals surface area contributed by atoms with Crippen LogP contribution < -0.4 is 10.6 Å². The summed E-state index contributed by atoms with van der Waals surface area (Å²) >= 11 is 5.71. The summed E-state index contributed by atoms with van der Waals surface area (Å²) in [5.41, 5.74) is 0.192. The van der Waals surface area contributed by atoms with E-state index in [-0.39, 0.29) is 17.6 Å². The summed E-state index contributed by atoms with van der Waals surface area (Å²) in [6, 6.07) is 4.51. The van der Waals surface area contributed by atoms with Gasteiger partial charge < -0.3 is 10.6 Å². The molecular formula is C16H20ClFN2O. The lowest BCUT2D eigenvalue weighted by molar-refractivity contribution is -0.119. The standard InChI is InChI=1S/C16H20ClFN2O/c17-11-6-8-14(12(18)9-11)20-16(21)15-7-5-10-3-1-2-4-13(10)19-15/h6,8-10,13,15,19H,1-5,7H2,(H,20,21). The Morgan fingerprint density at radius 1 is 1.24 bits per heavy atom. The summed E-state index contributed by atoms with van der Waals surface area (Å²) in [6.07, 6.45) is 6.84.